The number of hydrogen-bond donors (Lipinski definition) is 1. The first kappa shape index (κ1) is 24.2. The number of nitrogens with zero attached hydrogens (tertiary/aromatic N) is 4. The monoisotopic (exact) mass is 596 g/mol. The fourth-order valence-corrected chi connectivity index (χ4v) is 1.95. The minimum atomic E-state index is -5.23. The van der Waals surface area contributed by atoms with Crippen LogP contribution < -0.4 is 5.10 Å². The maximum atomic E-state index is 12.8. The number of rotatable bonds is 2. The van der Waals surface area contributed by atoms with Gasteiger partial charge in [-0.05, 0) is 24.3 Å². The van der Waals surface area contributed by atoms with Crippen LogP contribution in [0.5, 0.6) is 0 Å². The van der Waals surface area contributed by atoms with Gasteiger partial charge in [0.05, 0.1) is 5.56 Å². The zero-order valence-electron chi connectivity index (χ0n) is 13.9. The number of alkyl halides is 6. The molecule has 6 nitrogen and oxygen atoms in total. The molecule has 3 aromatic heterocycles. The second-order valence-corrected chi connectivity index (χ2v) is 5.00. The summed E-state index contributed by atoms with van der Waals surface area (Å²) in [6.07, 6.45) is -7.85. The molecule has 0 spiro atoms. The van der Waals surface area contributed by atoms with Crippen LogP contribution in [0.2, 0.25) is 0 Å². The van der Waals surface area contributed by atoms with Crippen molar-refractivity contribution in [3.05, 3.63) is 65.7 Å². The van der Waals surface area contributed by atoms with Gasteiger partial charge in [0.15, 0.2) is 0 Å². The van der Waals surface area contributed by atoms with E-state index in [4.69, 9.17) is 5.11 Å². The summed E-state index contributed by atoms with van der Waals surface area (Å²) >= 11 is 0. The van der Waals surface area contributed by atoms with E-state index in [0.29, 0.717) is 0 Å². The SMILES string of the molecule is FC(F)(F)c1n[n-]c(-c2ccccn2)c1C(F)(F)F.O=C(O)c1ccccn1.[Ir]. The second kappa shape index (κ2) is 9.61. The van der Waals surface area contributed by atoms with Crippen molar-refractivity contribution in [1.82, 2.24) is 20.2 Å². The van der Waals surface area contributed by atoms with E-state index in [-0.39, 0.29) is 31.5 Å². The van der Waals surface area contributed by atoms with Crippen molar-refractivity contribution >= 4 is 5.97 Å². The van der Waals surface area contributed by atoms with Crippen molar-refractivity contribution in [3.8, 4) is 11.4 Å². The molecule has 0 saturated carbocycles. The maximum Gasteiger partial charge on any atom is 0.432 e. The van der Waals surface area contributed by atoms with Crippen molar-refractivity contribution in [1.29, 1.82) is 0 Å². The summed E-state index contributed by atoms with van der Waals surface area (Å²) in [5.41, 5.74) is -5.14. The number of aromatic carboxylic acids is 1. The number of hydrogen-bond acceptors (Lipinski definition) is 4. The van der Waals surface area contributed by atoms with Crippen LogP contribution in [0.25, 0.3) is 11.4 Å². The van der Waals surface area contributed by atoms with E-state index in [1.54, 1.807) is 12.1 Å². The molecule has 0 aliphatic rings. The van der Waals surface area contributed by atoms with Crippen LogP contribution in [0.4, 0.5) is 26.3 Å². The molecular formula is C16H9F6IrN4O2-. The van der Waals surface area contributed by atoms with Gasteiger partial charge in [0, 0.05) is 38.2 Å². The van der Waals surface area contributed by atoms with Crippen LogP contribution in [0, 0.1) is 0 Å². The van der Waals surface area contributed by atoms with Gasteiger partial charge in [-0.15, -0.1) is 0 Å². The molecule has 1 radical (unpaired) electrons. The molecular weight excluding hydrogens is 586 g/mol. The van der Waals surface area contributed by atoms with E-state index in [2.05, 4.69) is 20.2 Å². The van der Waals surface area contributed by atoms with Crippen LogP contribution in [0.15, 0.2) is 48.8 Å². The average Bonchev–Trinajstić information content (AvgIpc) is 3.10. The summed E-state index contributed by atoms with van der Waals surface area (Å²) in [7, 11) is 0. The third kappa shape index (κ3) is 6.36. The number of carboxylic acids is 1. The summed E-state index contributed by atoms with van der Waals surface area (Å²) in [6.45, 7) is 0. The van der Waals surface area contributed by atoms with Gasteiger partial charge in [0.25, 0.3) is 0 Å². The Morgan fingerprint density at radius 1 is 0.897 bits per heavy atom. The van der Waals surface area contributed by atoms with Crippen LogP contribution in [-0.2, 0) is 32.5 Å². The Balaban J connectivity index is 0.000000355. The number of carbonyl (C=O) groups is 1. The topological polar surface area (TPSA) is 90.1 Å². The minimum absolute atomic E-state index is 0. The molecule has 0 aliphatic heterocycles. The molecule has 0 aliphatic carbocycles. The smallest absolute Gasteiger partial charge is 0.432 e. The number of carboxylic acid groups (broad SMARTS) is 1. The Morgan fingerprint density at radius 3 is 1.86 bits per heavy atom. The van der Waals surface area contributed by atoms with Gasteiger partial charge in [0.2, 0.25) is 0 Å². The van der Waals surface area contributed by atoms with E-state index in [9.17, 15) is 31.1 Å². The van der Waals surface area contributed by atoms with Gasteiger partial charge in [-0.2, -0.15) is 26.3 Å². The van der Waals surface area contributed by atoms with Crippen LogP contribution in [0.3, 0.4) is 0 Å². The van der Waals surface area contributed by atoms with Gasteiger partial charge in [-0.3, -0.25) is 4.98 Å². The molecule has 0 bridgehead atoms. The van der Waals surface area contributed by atoms with E-state index in [1.165, 1.54) is 24.4 Å². The largest absolute Gasteiger partial charge is 0.573 e. The Bertz CT molecular complexity index is 930. The van der Waals surface area contributed by atoms with Crippen molar-refractivity contribution in [2.45, 2.75) is 12.4 Å². The molecule has 29 heavy (non-hydrogen) atoms. The first-order valence-corrected chi connectivity index (χ1v) is 7.25. The fraction of sp³-hybridized carbons (Fsp3) is 0.125. The molecule has 0 amide bonds. The molecule has 13 heteroatoms. The zero-order valence-corrected chi connectivity index (χ0v) is 16.3. The van der Waals surface area contributed by atoms with E-state index in [0.717, 1.165) is 12.3 Å². The molecule has 0 aromatic carbocycles. The quantitative estimate of drug-likeness (QED) is 0.452. The number of halogens is 6. The van der Waals surface area contributed by atoms with E-state index >= 15 is 0 Å². The normalized spacial score (nSPS) is 11.1. The first-order chi connectivity index (χ1) is 13.0. The Morgan fingerprint density at radius 2 is 1.48 bits per heavy atom. The predicted molar refractivity (Wildman–Crippen MR) is 82.0 cm³/mol. The fourth-order valence-electron chi connectivity index (χ4n) is 1.95. The molecule has 0 fully saturated rings. The Labute approximate surface area is 172 Å². The van der Waals surface area contributed by atoms with Crippen LogP contribution in [0.1, 0.15) is 21.7 Å². The summed E-state index contributed by atoms with van der Waals surface area (Å²) in [5, 5.41) is 13.9. The van der Waals surface area contributed by atoms with Gasteiger partial charge in [-0.1, -0.05) is 17.8 Å². The third-order valence-electron chi connectivity index (χ3n) is 3.07. The maximum absolute atomic E-state index is 12.8. The second-order valence-electron chi connectivity index (χ2n) is 5.00. The summed E-state index contributed by atoms with van der Waals surface area (Å²) < 4.78 is 75.7. The minimum Gasteiger partial charge on any atom is -0.573 e. The standard InChI is InChI=1S/C10H4F6N3.C6H5NO2.Ir/c11-9(12,13)6-7(5-3-1-2-4-17-5)18-19-8(6)10(14,15)16;8-6(9)5-3-1-2-4-7-5;/h1-4H;1-4H,(H,8,9);/q-1;;. The van der Waals surface area contributed by atoms with Crippen LogP contribution in [-0.4, -0.2) is 26.1 Å². The number of pyridine rings is 2. The Hall–Kier alpha value is -2.79. The van der Waals surface area contributed by atoms with Gasteiger partial charge in [-0.25, -0.2) is 9.78 Å². The molecule has 1 N–H and O–H groups in total. The molecule has 0 unspecified atom stereocenters. The average molecular weight is 595 g/mol. The van der Waals surface area contributed by atoms with Crippen LogP contribution >= 0.6 is 0 Å². The summed E-state index contributed by atoms with van der Waals surface area (Å²) in [4.78, 5) is 17.3. The van der Waals surface area contributed by atoms with Crippen molar-refractivity contribution in [2.24, 2.45) is 0 Å². The molecule has 3 aromatic rings. The molecule has 0 atom stereocenters. The van der Waals surface area contributed by atoms with Crippen molar-refractivity contribution < 1.29 is 56.3 Å². The summed E-state index contributed by atoms with van der Waals surface area (Å²) in [5.74, 6) is -0.990. The molecule has 0 saturated heterocycles. The molecule has 3 rings (SSSR count). The van der Waals surface area contributed by atoms with E-state index in [1.807, 2.05) is 0 Å². The number of aromatic nitrogens is 4. The first-order valence-electron chi connectivity index (χ1n) is 7.25. The van der Waals surface area contributed by atoms with Gasteiger partial charge in [0.1, 0.15) is 11.4 Å². The van der Waals surface area contributed by atoms with Crippen molar-refractivity contribution in [3.63, 3.8) is 0 Å². The van der Waals surface area contributed by atoms with Gasteiger partial charge >= 0.3 is 18.3 Å². The molecule has 3 heterocycles. The third-order valence-corrected chi connectivity index (χ3v) is 3.07. The van der Waals surface area contributed by atoms with E-state index < -0.39 is 35.3 Å². The van der Waals surface area contributed by atoms with Gasteiger partial charge < -0.3 is 15.3 Å². The molecule has 157 valence electrons. The predicted octanol–water partition coefficient (Wildman–Crippen LogP) is 3.92. The van der Waals surface area contributed by atoms with Crippen molar-refractivity contribution in [2.75, 3.05) is 0 Å². The Kier molecular flexibility index (Phi) is 8.04. The summed E-state index contributed by atoms with van der Waals surface area (Å²) in [6, 6.07) is 8.63. The zero-order chi connectivity index (χ0) is 20.9.